The molecule has 1 unspecified atom stereocenters. The monoisotopic (exact) mass is 325 g/mol. The predicted octanol–water partition coefficient (Wildman–Crippen LogP) is 1.86. The molecule has 2 N–H and O–H groups in total. The van der Waals surface area contributed by atoms with E-state index in [1.54, 1.807) is 19.1 Å². The van der Waals surface area contributed by atoms with E-state index in [1.165, 1.54) is 0 Å². The Morgan fingerprint density at radius 1 is 1.54 bits per heavy atom. The first-order valence-electron chi connectivity index (χ1n) is 8.33. The molecule has 2 atom stereocenters. The van der Waals surface area contributed by atoms with E-state index < -0.39 is 7.12 Å². The van der Waals surface area contributed by atoms with Crippen LogP contribution in [0.4, 0.5) is 0 Å². The Morgan fingerprint density at radius 3 is 3.17 bits per heavy atom. The molecule has 4 rings (SSSR count). The first-order chi connectivity index (χ1) is 11.5. The molecule has 2 aromatic heterocycles. The number of hydrogen-bond acceptors (Lipinski definition) is 4. The minimum Gasteiger partial charge on any atom is -0.531 e. The summed E-state index contributed by atoms with van der Waals surface area (Å²) >= 11 is 0. The van der Waals surface area contributed by atoms with Crippen LogP contribution in [0.15, 0.2) is 24.4 Å². The van der Waals surface area contributed by atoms with Crippen LogP contribution in [0.25, 0.3) is 16.6 Å². The van der Waals surface area contributed by atoms with Gasteiger partial charge in [-0.1, -0.05) is 6.92 Å². The molecule has 2 aromatic rings. The van der Waals surface area contributed by atoms with E-state index in [-0.39, 0.29) is 11.8 Å². The number of carbonyl (C=O) groups is 1. The number of nitrogens with zero attached hydrogens (tertiary/aromatic N) is 2. The first-order valence-corrected chi connectivity index (χ1v) is 8.33. The predicted molar refractivity (Wildman–Crippen MR) is 92.2 cm³/mol. The Kier molecular flexibility index (Phi) is 3.60. The molecule has 0 spiro atoms. The summed E-state index contributed by atoms with van der Waals surface area (Å²) < 4.78 is 5.56. The van der Waals surface area contributed by atoms with Crippen molar-refractivity contribution in [3.8, 4) is 5.75 Å². The number of amides is 1. The highest BCUT2D eigenvalue weighted by atomic mass is 16.5. The summed E-state index contributed by atoms with van der Waals surface area (Å²) in [6.07, 6.45) is 4.46. The van der Waals surface area contributed by atoms with Gasteiger partial charge in [-0.15, -0.1) is 0 Å². The number of pyridine rings is 1. The Bertz CT molecular complexity index is 832. The molecule has 0 aliphatic carbocycles. The zero-order chi connectivity index (χ0) is 16.8. The van der Waals surface area contributed by atoms with Gasteiger partial charge in [-0.3, -0.25) is 4.79 Å². The third-order valence-corrected chi connectivity index (χ3v) is 5.21. The lowest BCUT2D eigenvalue weighted by Gasteiger charge is -2.39. The topological polar surface area (TPSA) is 78.5 Å². The second-order valence-electron chi connectivity index (χ2n) is 6.71. The van der Waals surface area contributed by atoms with Crippen LogP contribution >= 0.6 is 0 Å². The smallest absolute Gasteiger partial charge is 0.531 e. The van der Waals surface area contributed by atoms with E-state index in [2.05, 4.69) is 16.9 Å². The molecule has 0 radical (unpaired) electrons. The van der Waals surface area contributed by atoms with E-state index in [1.807, 2.05) is 17.2 Å². The number of H-pyrrole nitrogens is 1. The summed E-state index contributed by atoms with van der Waals surface area (Å²) in [7, 11) is -0.981. The second-order valence-corrected chi connectivity index (χ2v) is 6.71. The quantitative estimate of drug-likeness (QED) is 0.785. The van der Waals surface area contributed by atoms with E-state index in [4.69, 9.17) is 4.65 Å². The third-order valence-electron chi connectivity index (χ3n) is 5.21. The van der Waals surface area contributed by atoms with Gasteiger partial charge in [0, 0.05) is 43.1 Å². The molecule has 24 heavy (non-hydrogen) atoms. The second kappa shape index (κ2) is 5.67. The molecular weight excluding hydrogens is 305 g/mol. The number of piperidine rings is 1. The summed E-state index contributed by atoms with van der Waals surface area (Å²) in [5.74, 6) is 3.06. The van der Waals surface area contributed by atoms with Crippen LogP contribution in [0, 0.1) is 11.8 Å². The SMILES string of the molecule is CC(=O)N1CC[C@H](C)C(C2=CB(O)Oc3cnc4[nH]ccc4c32)C1. The number of fused-ring (bicyclic) bond motifs is 3. The molecule has 1 saturated heterocycles. The Morgan fingerprint density at radius 2 is 2.38 bits per heavy atom. The molecule has 2 aliphatic heterocycles. The van der Waals surface area contributed by atoms with Crippen molar-refractivity contribution in [3.63, 3.8) is 0 Å². The largest absolute Gasteiger partial charge is 0.552 e. The Labute approximate surface area is 140 Å². The maximum absolute atomic E-state index is 11.8. The number of likely N-dealkylation sites (tertiary alicyclic amines) is 1. The van der Waals surface area contributed by atoms with Gasteiger partial charge in [0.15, 0.2) is 0 Å². The lowest BCUT2D eigenvalue weighted by molar-refractivity contribution is -0.130. The van der Waals surface area contributed by atoms with Crippen LogP contribution in [0.2, 0.25) is 0 Å². The van der Waals surface area contributed by atoms with Crippen LogP contribution in [-0.4, -0.2) is 46.0 Å². The van der Waals surface area contributed by atoms with Crippen LogP contribution < -0.4 is 4.65 Å². The van der Waals surface area contributed by atoms with Gasteiger partial charge >= 0.3 is 7.12 Å². The number of aromatic nitrogens is 2. The Hall–Kier alpha value is -2.28. The first kappa shape index (κ1) is 15.3. The number of nitrogens with one attached hydrogen (secondary N) is 1. The number of carbonyl (C=O) groups excluding carboxylic acids is 1. The number of aromatic amines is 1. The van der Waals surface area contributed by atoms with Crippen molar-refractivity contribution in [2.45, 2.75) is 20.3 Å². The summed E-state index contributed by atoms with van der Waals surface area (Å²) in [4.78, 5) is 21.2. The maximum Gasteiger partial charge on any atom is 0.552 e. The molecule has 124 valence electrons. The highest BCUT2D eigenvalue weighted by molar-refractivity contribution is 6.52. The van der Waals surface area contributed by atoms with Gasteiger partial charge in [0.25, 0.3) is 0 Å². The zero-order valence-electron chi connectivity index (χ0n) is 13.8. The van der Waals surface area contributed by atoms with Crippen molar-refractivity contribution in [1.82, 2.24) is 14.9 Å². The lowest BCUT2D eigenvalue weighted by atomic mass is 9.72. The summed E-state index contributed by atoms with van der Waals surface area (Å²) in [5, 5.41) is 11.1. The van der Waals surface area contributed by atoms with E-state index >= 15 is 0 Å². The van der Waals surface area contributed by atoms with E-state index in [0.717, 1.165) is 35.1 Å². The summed E-state index contributed by atoms with van der Waals surface area (Å²) in [6.45, 7) is 5.29. The standard InChI is InChI=1S/C17H20BN3O3/c1-10-4-6-21(11(2)22)9-14(10)13-7-18(23)24-15-8-20-17-12(16(13)15)3-5-19-17/h3,5,7-8,10,14,23H,4,6,9H2,1-2H3,(H,19,20)/t10-,14?/m0/s1. The van der Waals surface area contributed by atoms with E-state index in [0.29, 0.717) is 18.2 Å². The Balaban J connectivity index is 1.82. The average Bonchev–Trinajstić information content (AvgIpc) is 3.02. The van der Waals surface area contributed by atoms with Crippen LogP contribution in [0.3, 0.4) is 0 Å². The summed E-state index contributed by atoms with van der Waals surface area (Å²) in [6, 6.07) is 1.98. The minimum atomic E-state index is -0.981. The fourth-order valence-electron chi connectivity index (χ4n) is 3.85. The highest BCUT2D eigenvalue weighted by Gasteiger charge is 2.36. The van der Waals surface area contributed by atoms with Crippen molar-refractivity contribution in [3.05, 3.63) is 30.0 Å². The van der Waals surface area contributed by atoms with Crippen molar-refractivity contribution in [2.24, 2.45) is 11.8 Å². The van der Waals surface area contributed by atoms with Gasteiger partial charge < -0.3 is 19.6 Å². The molecule has 6 nitrogen and oxygen atoms in total. The molecule has 4 heterocycles. The third kappa shape index (κ3) is 2.40. The maximum atomic E-state index is 11.8. The molecule has 1 amide bonds. The van der Waals surface area contributed by atoms with Crippen molar-refractivity contribution >= 4 is 29.6 Å². The highest BCUT2D eigenvalue weighted by Crippen LogP contribution is 2.43. The molecule has 0 aromatic carbocycles. The van der Waals surface area contributed by atoms with Gasteiger partial charge in [0.05, 0.1) is 6.20 Å². The average molecular weight is 325 g/mol. The molecule has 7 heteroatoms. The number of rotatable bonds is 1. The molecule has 0 saturated carbocycles. The van der Waals surface area contributed by atoms with Crippen LogP contribution in [0.5, 0.6) is 5.75 Å². The molecular formula is C17H20BN3O3. The molecule has 0 bridgehead atoms. The summed E-state index contributed by atoms with van der Waals surface area (Å²) in [5.41, 5.74) is 2.83. The molecule has 2 aliphatic rings. The van der Waals surface area contributed by atoms with Gasteiger partial charge in [-0.2, -0.15) is 0 Å². The van der Waals surface area contributed by atoms with Crippen molar-refractivity contribution < 1.29 is 14.5 Å². The zero-order valence-corrected chi connectivity index (χ0v) is 13.8. The van der Waals surface area contributed by atoms with Crippen molar-refractivity contribution in [2.75, 3.05) is 13.1 Å². The van der Waals surface area contributed by atoms with Crippen LogP contribution in [-0.2, 0) is 4.79 Å². The lowest BCUT2D eigenvalue weighted by Crippen LogP contribution is -2.43. The van der Waals surface area contributed by atoms with Gasteiger partial charge in [0.1, 0.15) is 11.4 Å². The molecule has 1 fully saturated rings. The fraction of sp³-hybridized carbons (Fsp3) is 0.412. The van der Waals surface area contributed by atoms with E-state index in [9.17, 15) is 9.82 Å². The normalized spacial score (nSPS) is 23.7. The van der Waals surface area contributed by atoms with Gasteiger partial charge in [0.2, 0.25) is 5.91 Å². The van der Waals surface area contributed by atoms with Gasteiger partial charge in [-0.25, -0.2) is 4.98 Å². The van der Waals surface area contributed by atoms with Gasteiger partial charge in [-0.05, 0) is 30.0 Å². The number of hydrogen-bond donors (Lipinski definition) is 2. The van der Waals surface area contributed by atoms with Crippen molar-refractivity contribution in [1.29, 1.82) is 0 Å². The fourth-order valence-corrected chi connectivity index (χ4v) is 3.85. The minimum absolute atomic E-state index is 0.0989. The van der Waals surface area contributed by atoms with Crippen LogP contribution in [0.1, 0.15) is 25.8 Å².